The molecular weight excluding hydrogens is 422 g/mol. The summed E-state index contributed by atoms with van der Waals surface area (Å²) < 4.78 is 18.1. The van der Waals surface area contributed by atoms with Crippen molar-refractivity contribution in [3.05, 3.63) is 95.1 Å². The zero-order chi connectivity index (χ0) is 22.8. The fourth-order valence-electron chi connectivity index (χ4n) is 3.50. The van der Waals surface area contributed by atoms with E-state index in [0.717, 1.165) is 46.6 Å². The Morgan fingerprint density at radius 2 is 1.69 bits per heavy atom. The highest BCUT2D eigenvalue weighted by atomic mass is 32.2. The average Bonchev–Trinajstić information content (AvgIpc) is 2.82. The molecular formula is C26H29NO4S. The molecule has 6 heteroatoms. The maximum Gasteiger partial charge on any atom is 0.251 e. The molecule has 1 unspecified atom stereocenters. The molecule has 3 aromatic rings. The fourth-order valence-corrected chi connectivity index (χ4v) is 4.07. The van der Waals surface area contributed by atoms with Crippen molar-refractivity contribution in [1.29, 1.82) is 0 Å². The molecule has 0 fully saturated rings. The summed E-state index contributed by atoms with van der Waals surface area (Å²) in [6.07, 6.45) is 3.94. The van der Waals surface area contributed by atoms with Crippen LogP contribution in [-0.2, 0) is 30.2 Å². The second-order valence-corrected chi connectivity index (χ2v) is 8.87. The van der Waals surface area contributed by atoms with Gasteiger partial charge in [0.2, 0.25) is 0 Å². The van der Waals surface area contributed by atoms with E-state index < -0.39 is 10.8 Å². The first-order valence-corrected chi connectivity index (χ1v) is 12.2. The minimum absolute atomic E-state index is 0.0885. The Morgan fingerprint density at radius 1 is 0.969 bits per heavy atom. The number of carbonyl (C=O) groups is 1. The number of aryl methyl sites for hydroxylation is 2. The van der Waals surface area contributed by atoms with Gasteiger partial charge in [0, 0.05) is 34.1 Å². The van der Waals surface area contributed by atoms with E-state index in [0.29, 0.717) is 12.2 Å². The molecule has 3 rings (SSSR count). The number of nitrogens with one attached hydrogen (secondary N) is 1. The second-order valence-electron chi connectivity index (χ2n) is 7.49. The van der Waals surface area contributed by atoms with Crippen LogP contribution in [0.25, 0.3) is 0 Å². The van der Waals surface area contributed by atoms with E-state index in [1.807, 2.05) is 66.7 Å². The van der Waals surface area contributed by atoms with E-state index >= 15 is 0 Å². The molecule has 0 aromatic heterocycles. The van der Waals surface area contributed by atoms with Crippen LogP contribution in [0.3, 0.4) is 0 Å². The van der Waals surface area contributed by atoms with Crippen LogP contribution >= 0.6 is 0 Å². The van der Waals surface area contributed by atoms with Crippen molar-refractivity contribution in [3.63, 3.8) is 0 Å². The van der Waals surface area contributed by atoms with Crippen molar-refractivity contribution < 1.29 is 18.8 Å². The van der Waals surface area contributed by atoms with Crippen LogP contribution in [-0.4, -0.2) is 34.6 Å². The molecule has 0 radical (unpaired) electrons. The average molecular weight is 452 g/mol. The van der Waals surface area contributed by atoms with Gasteiger partial charge in [0.15, 0.2) is 0 Å². The summed E-state index contributed by atoms with van der Waals surface area (Å²) in [7, 11) is -1.07. The summed E-state index contributed by atoms with van der Waals surface area (Å²) in [6, 6.07) is 23.2. The van der Waals surface area contributed by atoms with Crippen LogP contribution in [0.4, 0.5) is 0 Å². The number of hydrogen-bond acceptors (Lipinski definition) is 4. The number of ether oxygens (including phenoxy) is 1. The molecule has 5 nitrogen and oxygen atoms in total. The summed E-state index contributed by atoms with van der Waals surface area (Å²) in [4.78, 5) is 13.1. The van der Waals surface area contributed by atoms with Gasteiger partial charge in [0.1, 0.15) is 12.4 Å². The molecule has 0 aliphatic heterocycles. The Labute approximate surface area is 191 Å². The molecule has 1 atom stereocenters. The van der Waals surface area contributed by atoms with E-state index in [1.54, 1.807) is 12.3 Å². The molecule has 1 amide bonds. The van der Waals surface area contributed by atoms with Crippen LogP contribution in [0.5, 0.6) is 5.75 Å². The Morgan fingerprint density at radius 3 is 2.44 bits per heavy atom. The number of carbonyl (C=O) groups excluding carboxylic acids is 1. The minimum Gasteiger partial charge on any atom is -0.489 e. The summed E-state index contributed by atoms with van der Waals surface area (Å²) in [6.45, 7) is 0.612. The van der Waals surface area contributed by atoms with Gasteiger partial charge in [0.05, 0.1) is 6.61 Å². The fraction of sp³-hybridized carbons (Fsp3) is 0.269. The summed E-state index contributed by atoms with van der Waals surface area (Å²) in [5.74, 6) is 0.613. The molecule has 0 saturated heterocycles. The predicted octanol–water partition coefficient (Wildman–Crippen LogP) is 3.90. The van der Waals surface area contributed by atoms with Gasteiger partial charge in [-0.25, -0.2) is 0 Å². The van der Waals surface area contributed by atoms with E-state index in [2.05, 4.69) is 5.32 Å². The molecule has 32 heavy (non-hydrogen) atoms. The van der Waals surface area contributed by atoms with Gasteiger partial charge in [-0.2, -0.15) is 0 Å². The quantitative estimate of drug-likeness (QED) is 0.464. The van der Waals surface area contributed by atoms with Crippen LogP contribution in [0, 0.1) is 0 Å². The lowest BCUT2D eigenvalue weighted by molar-refractivity contribution is 0.0944. The molecule has 0 aliphatic rings. The van der Waals surface area contributed by atoms with E-state index in [9.17, 15) is 9.00 Å². The zero-order valence-corrected chi connectivity index (χ0v) is 19.1. The molecule has 0 heterocycles. The first kappa shape index (κ1) is 23.7. The maximum atomic E-state index is 12.4. The Bertz CT molecular complexity index is 1050. The molecule has 2 N–H and O–H groups in total. The molecule has 0 aliphatic carbocycles. The van der Waals surface area contributed by atoms with Crippen molar-refractivity contribution in [2.24, 2.45) is 0 Å². The summed E-state index contributed by atoms with van der Waals surface area (Å²) in [5.41, 5.74) is 3.69. The van der Waals surface area contributed by atoms with Crippen LogP contribution in [0.2, 0.25) is 0 Å². The van der Waals surface area contributed by atoms with Gasteiger partial charge in [-0.05, 0) is 60.2 Å². The Kier molecular flexibility index (Phi) is 9.01. The lowest BCUT2D eigenvalue weighted by atomic mass is 9.99. The predicted molar refractivity (Wildman–Crippen MR) is 127 cm³/mol. The van der Waals surface area contributed by atoms with E-state index in [4.69, 9.17) is 9.84 Å². The highest BCUT2D eigenvalue weighted by molar-refractivity contribution is 7.84. The smallest absolute Gasteiger partial charge is 0.251 e. The largest absolute Gasteiger partial charge is 0.489 e. The molecule has 0 spiro atoms. The summed E-state index contributed by atoms with van der Waals surface area (Å²) in [5, 5.41) is 11.7. The first-order chi connectivity index (χ1) is 15.6. The van der Waals surface area contributed by atoms with Gasteiger partial charge in [-0.3, -0.25) is 9.00 Å². The van der Waals surface area contributed by atoms with Gasteiger partial charge >= 0.3 is 0 Å². The molecule has 3 aromatic carbocycles. The number of aliphatic hydroxyl groups is 1. The topological polar surface area (TPSA) is 75.6 Å². The third-order valence-electron chi connectivity index (χ3n) is 5.15. The van der Waals surface area contributed by atoms with Crippen molar-refractivity contribution in [2.75, 3.05) is 19.4 Å². The number of hydrogen-bond donors (Lipinski definition) is 2. The number of amides is 1. The van der Waals surface area contributed by atoms with Crippen molar-refractivity contribution in [3.8, 4) is 5.75 Å². The number of benzene rings is 3. The lowest BCUT2D eigenvalue weighted by Gasteiger charge is -2.14. The Hall–Kier alpha value is -2.96. The molecule has 0 bridgehead atoms. The van der Waals surface area contributed by atoms with E-state index in [1.165, 1.54) is 0 Å². The van der Waals surface area contributed by atoms with E-state index in [-0.39, 0.29) is 19.1 Å². The van der Waals surface area contributed by atoms with Crippen LogP contribution in [0.15, 0.2) is 77.7 Å². The monoisotopic (exact) mass is 451 g/mol. The molecule has 0 saturated carbocycles. The van der Waals surface area contributed by atoms with Gasteiger partial charge < -0.3 is 15.2 Å². The summed E-state index contributed by atoms with van der Waals surface area (Å²) >= 11 is 0. The van der Waals surface area contributed by atoms with Crippen molar-refractivity contribution in [1.82, 2.24) is 5.32 Å². The second kappa shape index (κ2) is 12.2. The van der Waals surface area contributed by atoms with Gasteiger partial charge in [-0.1, -0.05) is 48.5 Å². The van der Waals surface area contributed by atoms with Gasteiger partial charge in [-0.15, -0.1) is 0 Å². The number of aliphatic hydroxyl groups excluding tert-OH is 1. The van der Waals surface area contributed by atoms with Gasteiger partial charge in [0.25, 0.3) is 5.91 Å². The van der Waals surface area contributed by atoms with Crippen LogP contribution < -0.4 is 10.1 Å². The van der Waals surface area contributed by atoms with Crippen molar-refractivity contribution in [2.45, 2.75) is 30.8 Å². The van der Waals surface area contributed by atoms with Crippen molar-refractivity contribution >= 4 is 16.7 Å². The standard InChI is InChI=1S/C26H29NO4S/c1-32(30)23-14-15-25(31-19-20-8-3-2-4-9-20)22(18-23)12-7-11-21-10-5-6-13-24(21)26(29)27-16-17-28/h2-6,8-10,13-15,18,28H,7,11-12,16-17,19H2,1H3,(H,27,29). The Balaban J connectivity index is 1.70. The third kappa shape index (κ3) is 6.77. The highest BCUT2D eigenvalue weighted by Gasteiger charge is 2.12. The third-order valence-corrected chi connectivity index (χ3v) is 6.07. The normalized spacial score (nSPS) is 11.7. The maximum absolute atomic E-state index is 12.4. The molecule has 168 valence electrons. The van der Waals surface area contributed by atoms with Crippen LogP contribution in [0.1, 0.15) is 33.5 Å². The zero-order valence-electron chi connectivity index (χ0n) is 18.3. The number of rotatable bonds is 11. The highest BCUT2D eigenvalue weighted by Crippen LogP contribution is 2.25. The SMILES string of the molecule is CS(=O)c1ccc(OCc2ccccc2)c(CCCc2ccccc2C(=O)NCCO)c1. The first-order valence-electron chi connectivity index (χ1n) is 10.7. The minimum atomic E-state index is -1.07. The lowest BCUT2D eigenvalue weighted by Crippen LogP contribution is -2.27.